The van der Waals surface area contributed by atoms with Gasteiger partial charge in [0, 0.05) is 10.7 Å². The van der Waals surface area contributed by atoms with Gasteiger partial charge in [-0.25, -0.2) is 4.79 Å². The first-order valence-electron chi connectivity index (χ1n) is 5.33. The molecule has 1 aromatic heterocycles. The van der Waals surface area contributed by atoms with Crippen molar-refractivity contribution in [1.82, 2.24) is 4.98 Å². The number of benzene rings is 1. The summed E-state index contributed by atoms with van der Waals surface area (Å²) in [6, 6.07) is 8.20. The lowest BCUT2D eigenvalue weighted by Gasteiger charge is -2.10. The number of aromatic nitrogens is 1. The summed E-state index contributed by atoms with van der Waals surface area (Å²) in [6.45, 7) is 0.150. The van der Waals surface area contributed by atoms with Gasteiger partial charge in [0.05, 0.1) is 10.7 Å². The van der Waals surface area contributed by atoms with Gasteiger partial charge in [-0.3, -0.25) is 4.98 Å². The Morgan fingerprint density at radius 3 is 2.79 bits per heavy atom. The second-order valence-electron chi connectivity index (χ2n) is 3.68. The molecule has 0 aliphatic heterocycles. The van der Waals surface area contributed by atoms with Gasteiger partial charge < -0.3 is 9.84 Å². The predicted molar refractivity (Wildman–Crippen MR) is 74.7 cm³/mol. The zero-order valence-electron chi connectivity index (χ0n) is 9.64. The number of pyridine rings is 1. The Morgan fingerprint density at radius 1 is 1.37 bits per heavy atom. The van der Waals surface area contributed by atoms with Crippen molar-refractivity contribution in [1.29, 1.82) is 0 Å². The molecular weight excluding hydrogens is 334 g/mol. The van der Waals surface area contributed by atoms with Gasteiger partial charge in [0.1, 0.15) is 12.2 Å². The Morgan fingerprint density at radius 2 is 2.16 bits per heavy atom. The molecule has 0 fully saturated rings. The number of carbonyl (C=O) groups is 1. The van der Waals surface area contributed by atoms with Crippen molar-refractivity contribution in [3.8, 4) is 5.75 Å². The highest BCUT2D eigenvalue weighted by atomic mass is 79.9. The monoisotopic (exact) mass is 341 g/mol. The van der Waals surface area contributed by atoms with Gasteiger partial charge in [-0.2, -0.15) is 0 Å². The van der Waals surface area contributed by atoms with E-state index >= 15 is 0 Å². The van der Waals surface area contributed by atoms with Gasteiger partial charge >= 0.3 is 5.97 Å². The van der Waals surface area contributed by atoms with E-state index in [0.29, 0.717) is 5.69 Å². The van der Waals surface area contributed by atoms with Crippen molar-refractivity contribution in [2.24, 2.45) is 0 Å². The first-order valence-corrected chi connectivity index (χ1v) is 6.50. The summed E-state index contributed by atoms with van der Waals surface area (Å²) in [6.07, 6.45) is 1.64. The maximum Gasteiger partial charge on any atom is 0.339 e. The molecule has 98 valence electrons. The molecule has 0 radical (unpaired) electrons. The van der Waals surface area contributed by atoms with E-state index in [2.05, 4.69) is 20.9 Å². The molecular formula is C13H9BrClNO3. The molecule has 1 heterocycles. The van der Waals surface area contributed by atoms with Crippen LogP contribution in [0, 0.1) is 0 Å². The number of carboxylic acids is 1. The van der Waals surface area contributed by atoms with Crippen molar-refractivity contribution >= 4 is 33.5 Å². The van der Waals surface area contributed by atoms with E-state index in [1.54, 1.807) is 24.4 Å². The Bertz CT molecular complexity index is 601. The average molecular weight is 343 g/mol. The van der Waals surface area contributed by atoms with E-state index < -0.39 is 5.97 Å². The van der Waals surface area contributed by atoms with Crippen LogP contribution < -0.4 is 4.74 Å². The fourth-order valence-electron chi connectivity index (χ4n) is 1.46. The number of hydrogen-bond donors (Lipinski definition) is 1. The highest BCUT2D eigenvalue weighted by Crippen LogP contribution is 2.29. The molecule has 0 bridgehead atoms. The van der Waals surface area contributed by atoms with Crippen LogP contribution in [-0.4, -0.2) is 16.1 Å². The lowest BCUT2D eigenvalue weighted by Crippen LogP contribution is -2.04. The first-order chi connectivity index (χ1) is 9.08. The number of nitrogens with zero attached hydrogens (tertiary/aromatic N) is 1. The molecule has 0 unspecified atom stereocenters. The molecule has 6 heteroatoms. The van der Waals surface area contributed by atoms with E-state index in [4.69, 9.17) is 21.4 Å². The van der Waals surface area contributed by atoms with Crippen LogP contribution in [0.4, 0.5) is 0 Å². The lowest BCUT2D eigenvalue weighted by molar-refractivity contribution is 0.0691. The largest absolute Gasteiger partial charge is 0.485 e. The van der Waals surface area contributed by atoms with Gasteiger partial charge in [-0.05, 0) is 40.2 Å². The minimum absolute atomic E-state index is 0.0320. The summed E-state index contributed by atoms with van der Waals surface area (Å²) in [7, 11) is 0. The molecule has 0 aliphatic carbocycles. The van der Waals surface area contributed by atoms with Crippen molar-refractivity contribution < 1.29 is 14.6 Å². The topological polar surface area (TPSA) is 59.4 Å². The van der Waals surface area contributed by atoms with Crippen LogP contribution in [0.2, 0.25) is 5.02 Å². The normalized spacial score (nSPS) is 10.2. The Hall–Kier alpha value is -1.59. The van der Waals surface area contributed by atoms with Crippen LogP contribution in [0.1, 0.15) is 16.1 Å². The molecule has 0 amide bonds. The smallest absolute Gasteiger partial charge is 0.339 e. The van der Waals surface area contributed by atoms with Gasteiger partial charge in [-0.1, -0.05) is 17.7 Å². The van der Waals surface area contributed by atoms with Crippen LogP contribution in [0.25, 0.3) is 0 Å². The summed E-state index contributed by atoms with van der Waals surface area (Å²) in [4.78, 5) is 15.2. The Kier molecular flexibility index (Phi) is 4.39. The van der Waals surface area contributed by atoms with E-state index in [9.17, 15) is 4.79 Å². The van der Waals surface area contributed by atoms with Crippen LogP contribution >= 0.6 is 27.5 Å². The lowest BCUT2D eigenvalue weighted by atomic mass is 10.2. The first kappa shape index (κ1) is 13.8. The summed E-state index contributed by atoms with van der Waals surface area (Å²) in [5.41, 5.74) is 0.712. The number of para-hydroxylation sites is 1. The molecule has 0 saturated heterocycles. The molecule has 1 aromatic carbocycles. The fourth-order valence-corrected chi connectivity index (χ4v) is 1.93. The number of halogens is 2. The number of ether oxygens (including phenoxy) is 1. The molecule has 19 heavy (non-hydrogen) atoms. The van der Waals surface area contributed by atoms with Crippen molar-refractivity contribution in [3.05, 3.63) is 57.3 Å². The highest BCUT2D eigenvalue weighted by Gasteiger charge is 2.14. The van der Waals surface area contributed by atoms with Crippen LogP contribution in [-0.2, 0) is 6.61 Å². The molecule has 2 aromatic rings. The third kappa shape index (κ3) is 3.45. The molecule has 2 rings (SSSR count). The fraction of sp³-hybridized carbons (Fsp3) is 0.0769. The minimum Gasteiger partial charge on any atom is -0.485 e. The van der Waals surface area contributed by atoms with Gasteiger partial charge in [0.15, 0.2) is 5.75 Å². The maximum absolute atomic E-state index is 11.1. The molecule has 1 N–H and O–H groups in total. The zero-order valence-corrected chi connectivity index (χ0v) is 12.0. The molecule has 4 nitrogen and oxygen atoms in total. The SMILES string of the molecule is O=C(O)c1cccc(Cl)c1OCc1ccc(Br)cn1. The average Bonchev–Trinajstić information content (AvgIpc) is 2.39. The van der Waals surface area contributed by atoms with E-state index in [1.807, 2.05) is 6.07 Å². The van der Waals surface area contributed by atoms with Crippen LogP contribution in [0.5, 0.6) is 5.75 Å². The minimum atomic E-state index is -1.08. The van der Waals surface area contributed by atoms with Crippen LogP contribution in [0.15, 0.2) is 41.0 Å². The van der Waals surface area contributed by atoms with Gasteiger partial charge in [-0.15, -0.1) is 0 Å². The maximum atomic E-state index is 11.1. The zero-order chi connectivity index (χ0) is 13.8. The van der Waals surface area contributed by atoms with Gasteiger partial charge in [0.25, 0.3) is 0 Å². The molecule has 0 atom stereocenters. The highest BCUT2D eigenvalue weighted by molar-refractivity contribution is 9.10. The van der Waals surface area contributed by atoms with Gasteiger partial charge in [0.2, 0.25) is 0 Å². The Labute approximate surface area is 123 Å². The molecule has 0 aliphatic rings. The summed E-state index contributed by atoms with van der Waals surface area (Å²) in [5.74, 6) is -0.928. The number of aromatic carboxylic acids is 1. The van der Waals surface area contributed by atoms with Crippen molar-refractivity contribution in [3.63, 3.8) is 0 Å². The second kappa shape index (κ2) is 6.04. The van der Waals surface area contributed by atoms with E-state index in [-0.39, 0.29) is 22.9 Å². The van der Waals surface area contributed by atoms with E-state index in [1.165, 1.54) is 6.07 Å². The third-order valence-electron chi connectivity index (χ3n) is 2.35. The standard InChI is InChI=1S/C13H9BrClNO3/c14-8-4-5-9(16-6-8)7-19-12-10(13(17)18)2-1-3-11(12)15/h1-6H,7H2,(H,17,18). The van der Waals surface area contributed by atoms with Crippen molar-refractivity contribution in [2.75, 3.05) is 0 Å². The summed E-state index contributed by atoms with van der Waals surface area (Å²) in [5, 5.41) is 9.32. The molecule has 0 saturated carbocycles. The molecule has 0 spiro atoms. The number of hydrogen-bond acceptors (Lipinski definition) is 3. The van der Waals surface area contributed by atoms with Crippen molar-refractivity contribution in [2.45, 2.75) is 6.61 Å². The third-order valence-corrected chi connectivity index (χ3v) is 3.12. The van der Waals surface area contributed by atoms with E-state index in [0.717, 1.165) is 4.47 Å². The quantitative estimate of drug-likeness (QED) is 0.918. The predicted octanol–water partition coefficient (Wildman–Crippen LogP) is 3.77. The summed E-state index contributed by atoms with van der Waals surface area (Å²) < 4.78 is 6.33. The summed E-state index contributed by atoms with van der Waals surface area (Å²) >= 11 is 9.23. The number of rotatable bonds is 4. The Balaban J connectivity index is 2.19. The number of carboxylic acid groups (broad SMARTS) is 1. The van der Waals surface area contributed by atoms with Crippen LogP contribution in [0.3, 0.4) is 0 Å². The second-order valence-corrected chi connectivity index (χ2v) is 5.00.